The minimum atomic E-state index is -1.00. The lowest BCUT2D eigenvalue weighted by Gasteiger charge is -2.06. The molecule has 0 aliphatic heterocycles. The molecule has 0 aromatic heterocycles. The van der Waals surface area contributed by atoms with Crippen LogP contribution in [0.4, 0.5) is 10.1 Å². The van der Waals surface area contributed by atoms with Gasteiger partial charge in [0.2, 0.25) is 0 Å². The molecule has 0 saturated heterocycles. The van der Waals surface area contributed by atoms with Crippen molar-refractivity contribution in [3.8, 4) is 5.75 Å². The van der Waals surface area contributed by atoms with Gasteiger partial charge in [-0.2, -0.15) is 5.10 Å². The van der Waals surface area contributed by atoms with Crippen molar-refractivity contribution in [2.75, 3.05) is 5.32 Å². The van der Waals surface area contributed by atoms with Gasteiger partial charge in [0.15, 0.2) is 0 Å². The molecule has 0 bridgehead atoms. The van der Waals surface area contributed by atoms with E-state index < -0.39 is 23.6 Å². The minimum Gasteiger partial charge on any atom is -0.423 e. The predicted molar refractivity (Wildman–Crippen MR) is 119 cm³/mol. The van der Waals surface area contributed by atoms with Crippen LogP contribution in [-0.4, -0.2) is 24.0 Å². The second kappa shape index (κ2) is 10.5. The number of benzene rings is 3. The summed E-state index contributed by atoms with van der Waals surface area (Å²) in [4.78, 5) is 35.8. The number of halogens is 3. The molecule has 0 fully saturated rings. The summed E-state index contributed by atoms with van der Waals surface area (Å²) < 4.78 is 18.1. The number of nitrogens with zero attached hydrogens (tertiary/aromatic N) is 1. The highest BCUT2D eigenvalue weighted by molar-refractivity contribution is 6.39. The van der Waals surface area contributed by atoms with Crippen LogP contribution < -0.4 is 15.5 Å². The molecule has 7 nitrogen and oxygen atoms in total. The number of hydrazone groups is 1. The molecule has 0 aliphatic rings. The van der Waals surface area contributed by atoms with Crippen LogP contribution in [0.3, 0.4) is 0 Å². The van der Waals surface area contributed by atoms with Crippen molar-refractivity contribution in [1.29, 1.82) is 0 Å². The van der Waals surface area contributed by atoms with E-state index >= 15 is 0 Å². The maximum Gasteiger partial charge on any atom is 0.345 e. The molecule has 0 radical (unpaired) electrons. The van der Waals surface area contributed by atoms with E-state index in [2.05, 4.69) is 15.8 Å². The van der Waals surface area contributed by atoms with E-state index in [0.717, 1.165) is 12.1 Å². The summed E-state index contributed by atoms with van der Waals surface area (Å²) in [7, 11) is 0. The van der Waals surface area contributed by atoms with Crippen molar-refractivity contribution >= 4 is 52.9 Å². The van der Waals surface area contributed by atoms with Gasteiger partial charge < -0.3 is 10.1 Å². The fraction of sp³-hybridized carbons (Fsp3) is 0. The Balaban J connectivity index is 1.52. The number of hydrogen-bond acceptors (Lipinski definition) is 5. The first-order valence-corrected chi connectivity index (χ1v) is 9.74. The molecule has 10 heteroatoms. The fourth-order valence-corrected chi connectivity index (χ4v) is 2.86. The normalized spacial score (nSPS) is 10.6. The van der Waals surface area contributed by atoms with Crippen LogP contribution in [0.2, 0.25) is 10.0 Å². The first-order chi connectivity index (χ1) is 15.3. The Morgan fingerprint density at radius 1 is 0.906 bits per heavy atom. The number of anilines is 1. The van der Waals surface area contributed by atoms with E-state index in [1.807, 2.05) is 0 Å². The summed E-state index contributed by atoms with van der Waals surface area (Å²) in [5.41, 5.74) is 3.07. The molecule has 2 N–H and O–H groups in total. The predicted octanol–water partition coefficient (Wildman–Crippen LogP) is 4.44. The van der Waals surface area contributed by atoms with Gasteiger partial charge in [-0.1, -0.05) is 23.2 Å². The third kappa shape index (κ3) is 6.37. The van der Waals surface area contributed by atoms with Crippen LogP contribution in [0.25, 0.3) is 0 Å². The minimum absolute atomic E-state index is 0.170. The Labute approximate surface area is 191 Å². The second-order valence-electron chi connectivity index (χ2n) is 6.24. The van der Waals surface area contributed by atoms with Gasteiger partial charge in [-0.15, -0.1) is 0 Å². The number of rotatable bonds is 5. The zero-order valence-corrected chi connectivity index (χ0v) is 17.7. The number of amides is 2. The number of carbonyl (C=O) groups excluding carboxylic acids is 3. The Hall–Kier alpha value is -3.75. The van der Waals surface area contributed by atoms with Gasteiger partial charge in [-0.25, -0.2) is 14.6 Å². The van der Waals surface area contributed by atoms with Gasteiger partial charge in [-0.3, -0.25) is 9.59 Å². The standard InChI is InChI=1S/C22H14Cl2FN3O4/c23-14-3-10-18(19(24)11-14)22(31)32-17-8-1-13(2-9-17)12-26-28-21(30)20(29)27-16-6-4-15(25)5-7-16/h1-12H,(H,27,29)(H,28,30)/b26-12+. The Morgan fingerprint density at radius 2 is 1.59 bits per heavy atom. The Kier molecular flexibility index (Phi) is 7.54. The average molecular weight is 474 g/mol. The molecule has 0 saturated carbocycles. The summed E-state index contributed by atoms with van der Waals surface area (Å²) in [6.07, 6.45) is 1.30. The Bertz CT molecular complexity index is 1180. The van der Waals surface area contributed by atoms with E-state index in [4.69, 9.17) is 27.9 Å². The summed E-state index contributed by atoms with van der Waals surface area (Å²) in [5.74, 6) is -2.81. The van der Waals surface area contributed by atoms with Crippen molar-refractivity contribution in [2.45, 2.75) is 0 Å². The van der Waals surface area contributed by atoms with E-state index in [1.54, 1.807) is 12.1 Å². The largest absolute Gasteiger partial charge is 0.423 e. The third-order valence-electron chi connectivity index (χ3n) is 3.93. The number of esters is 1. The molecule has 3 aromatic rings. The number of hydrogen-bond donors (Lipinski definition) is 2. The average Bonchev–Trinajstić information content (AvgIpc) is 2.76. The first-order valence-electron chi connectivity index (χ1n) is 8.99. The van der Waals surface area contributed by atoms with E-state index in [0.29, 0.717) is 10.6 Å². The summed E-state index contributed by atoms with van der Waals surface area (Å²) in [6, 6.07) is 15.6. The van der Waals surface area contributed by atoms with E-state index in [-0.39, 0.29) is 22.0 Å². The van der Waals surface area contributed by atoms with Crippen molar-refractivity contribution in [3.05, 3.63) is 93.7 Å². The van der Waals surface area contributed by atoms with Crippen LogP contribution in [-0.2, 0) is 9.59 Å². The number of ether oxygens (including phenoxy) is 1. The number of nitrogens with one attached hydrogen (secondary N) is 2. The fourth-order valence-electron chi connectivity index (χ4n) is 2.38. The lowest BCUT2D eigenvalue weighted by molar-refractivity contribution is -0.136. The van der Waals surface area contributed by atoms with Crippen LogP contribution >= 0.6 is 23.2 Å². The molecule has 2 amide bonds. The smallest absolute Gasteiger partial charge is 0.345 e. The summed E-state index contributed by atoms with van der Waals surface area (Å²) in [6.45, 7) is 0. The van der Waals surface area contributed by atoms with Crippen molar-refractivity contribution in [1.82, 2.24) is 5.43 Å². The molecule has 162 valence electrons. The molecule has 0 spiro atoms. The van der Waals surface area contributed by atoms with Crippen LogP contribution in [0.5, 0.6) is 5.75 Å². The first kappa shape index (κ1) is 22.9. The van der Waals surface area contributed by atoms with Crippen LogP contribution in [0, 0.1) is 5.82 Å². The molecular weight excluding hydrogens is 460 g/mol. The third-order valence-corrected chi connectivity index (χ3v) is 4.48. The highest BCUT2D eigenvalue weighted by Gasteiger charge is 2.14. The van der Waals surface area contributed by atoms with Crippen molar-refractivity contribution in [3.63, 3.8) is 0 Å². The molecule has 0 heterocycles. The SMILES string of the molecule is O=C(N/N=C/c1ccc(OC(=O)c2ccc(Cl)cc2Cl)cc1)C(=O)Nc1ccc(F)cc1. The topological polar surface area (TPSA) is 96.9 Å². The molecule has 0 aliphatic carbocycles. The molecule has 3 rings (SSSR count). The van der Waals surface area contributed by atoms with Crippen molar-refractivity contribution < 1.29 is 23.5 Å². The van der Waals surface area contributed by atoms with E-state index in [1.165, 1.54) is 48.7 Å². The zero-order chi connectivity index (χ0) is 23.1. The van der Waals surface area contributed by atoms with Crippen molar-refractivity contribution in [2.24, 2.45) is 5.10 Å². The maximum absolute atomic E-state index is 12.9. The van der Waals surface area contributed by atoms with Gasteiger partial charge in [0.1, 0.15) is 11.6 Å². The summed E-state index contributed by atoms with van der Waals surface area (Å²) >= 11 is 11.8. The molecule has 0 atom stereocenters. The lowest BCUT2D eigenvalue weighted by Crippen LogP contribution is -2.32. The van der Waals surface area contributed by atoms with E-state index in [9.17, 15) is 18.8 Å². The van der Waals surface area contributed by atoms with Gasteiger partial charge in [-0.05, 0) is 72.3 Å². The molecule has 32 heavy (non-hydrogen) atoms. The maximum atomic E-state index is 12.9. The Morgan fingerprint density at radius 3 is 2.25 bits per heavy atom. The van der Waals surface area contributed by atoms with Gasteiger partial charge in [0.25, 0.3) is 0 Å². The van der Waals surface area contributed by atoms with Gasteiger partial charge in [0, 0.05) is 10.7 Å². The number of carbonyl (C=O) groups is 3. The quantitative estimate of drug-likeness (QED) is 0.188. The monoisotopic (exact) mass is 473 g/mol. The highest BCUT2D eigenvalue weighted by Crippen LogP contribution is 2.23. The highest BCUT2D eigenvalue weighted by atomic mass is 35.5. The molecule has 3 aromatic carbocycles. The molecular formula is C22H14Cl2FN3O4. The second-order valence-corrected chi connectivity index (χ2v) is 7.09. The van der Waals surface area contributed by atoms with Gasteiger partial charge in [0.05, 0.1) is 16.8 Å². The molecule has 0 unspecified atom stereocenters. The van der Waals surface area contributed by atoms with Gasteiger partial charge >= 0.3 is 17.8 Å². The summed E-state index contributed by atoms with van der Waals surface area (Å²) in [5, 5.41) is 6.57. The van der Waals surface area contributed by atoms with Crippen LogP contribution in [0.15, 0.2) is 71.8 Å². The zero-order valence-electron chi connectivity index (χ0n) is 16.1. The van der Waals surface area contributed by atoms with Crippen LogP contribution in [0.1, 0.15) is 15.9 Å². The lowest BCUT2D eigenvalue weighted by atomic mass is 10.2.